The molecule has 60 valence electrons. The Labute approximate surface area is 82.4 Å². The Kier molecular flexibility index (Phi) is 4.76. The zero-order chi connectivity index (χ0) is 7.40. The quantitative estimate of drug-likeness (QED) is 0.194. The molecular formula is C7H9IN2O. The van der Waals surface area contributed by atoms with Crippen molar-refractivity contribution >= 4 is 6.21 Å². The maximum absolute atomic E-state index is 8.20. The zero-order valence-electron chi connectivity index (χ0n) is 6.11. The summed E-state index contributed by atoms with van der Waals surface area (Å²) in [4.78, 5) is 0. The molecule has 11 heavy (non-hydrogen) atoms. The van der Waals surface area contributed by atoms with E-state index in [2.05, 4.69) is 5.16 Å². The lowest BCUT2D eigenvalue weighted by Gasteiger charge is -1.88. The van der Waals surface area contributed by atoms with E-state index in [0.717, 1.165) is 5.69 Å². The molecule has 0 fully saturated rings. The SMILES string of the molecule is C[n+]1ccccc1C=NO.[I-]. The molecule has 0 aliphatic rings. The predicted octanol–water partition coefficient (Wildman–Crippen LogP) is -2.68. The highest BCUT2D eigenvalue weighted by atomic mass is 127. The molecule has 0 amide bonds. The van der Waals surface area contributed by atoms with Crippen LogP contribution < -0.4 is 28.5 Å². The van der Waals surface area contributed by atoms with E-state index >= 15 is 0 Å². The third kappa shape index (κ3) is 2.83. The number of hydrogen-bond donors (Lipinski definition) is 1. The van der Waals surface area contributed by atoms with Crippen molar-refractivity contribution in [3.63, 3.8) is 0 Å². The van der Waals surface area contributed by atoms with E-state index in [1.54, 1.807) is 0 Å². The summed E-state index contributed by atoms with van der Waals surface area (Å²) >= 11 is 0. The van der Waals surface area contributed by atoms with Gasteiger partial charge < -0.3 is 29.2 Å². The van der Waals surface area contributed by atoms with Gasteiger partial charge in [0.2, 0.25) is 5.69 Å². The molecular weight excluding hydrogens is 255 g/mol. The second kappa shape index (κ2) is 5.06. The average Bonchev–Trinajstić information content (AvgIpc) is 1.94. The molecule has 0 aliphatic heterocycles. The summed E-state index contributed by atoms with van der Waals surface area (Å²) in [5.74, 6) is 0. The van der Waals surface area contributed by atoms with Gasteiger partial charge in [-0.3, -0.25) is 0 Å². The Morgan fingerprint density at radius 1 is 1.55 bits per heavy atom. The van der Waals surface area contributed by atoms with Crippen LogP contribution in [0.15, 0.2) is 29.6 Å². The Bertz CT molecular complexity index is 250. The van der Waals surface area contributed by atoms with E-state index in [9.17, 15) is 0 Å². The Hall–Kier alpha value is -0.650. The minimum Gasteiger partial charge on any atom is -1.00 e. The van der Waals surface area contributed by atoms with Crippen molar-refractivity contribution in [2.75, 3.05) is 0 Å². The number of hydrogen-bond acceptors (Lipinski definition) is 2. The van der Waals surface area contributed by atoms with Crippen LogP contribution >= 0.6 is 0 Å². The van der Waals surface area contributed by atoms with Gasteiger partial charge in [-0.25, -0.2) is 4.57 Å². The van der Waals surface area contributed by atoms with E-state index < -0.39 is 0 Å². The third-order valence-electron chi connectivity index (χ3n) is 1.29. The number of aryl methyl sites for hydroxylation is 1. The highest BCUT2D eigenvalue weighted by Gasteiger charge is 1.98. The Balaban J connectivity index is 0.000001000. The van der Waals surface area contributed by atoms with Crippen molar-refractivity contribution in [1.82, 2.24) is 0 Å². The molecule has 1 heterocycles. The lowest BCUT2D eigenvalue weighted by molar-refractivity contribution is -0.672. The number of rotatable bonds is 1. The highest BCUT2D eigenvalue weighted by molar-refractivity contribution is 5.74. The highest BCUT2D eigenvalue weighted by Crippen LogP contribution is 1.84. The van der Waals surface area contributed by atoms with Crippen LogP contribution in [0.3, 0.4) is 0 Å². The maximum atomic E-state index is 8.20. The monoisotopic (exact) mass is 264 g/mol. The molecule has 3 nitrogen and oxygen atoms in total. The molecule has 0 spiro atoms. The Morgan fingerprint density at radius 2 is 2.27 bits per heavy atom. The Morgan fingerprint density at radius 3 is 2.82 bits per heavy atom. The normalized spacial score (nSPS) is 9.55. The molecule has 0 bridgehead atoms. The van der Waals surface area contributed by atoms with Gasteiger partial charge in [0.05, 0.1) is 0 Å². The summed E-state index contributed by atoms with van der Waals surface area (Å²) in [6.07, 6.45) is 3.27. The fourth-order valence-electron chi connectivity index (χ4n) is 0.730. The van der Waals surface area contributed by atoms with Crippen LogP contribution in [0, 0.1) is 0 Å². The molecule has 4 heteroatoms. The molecule has 0 saturated heterocycles. The van der Waals surface area contributed by atoms with Gasteiger partial charge in [0, 0.05) is 12.1 Å². The number of aromatic nitrogens is 1. The number of oxime groups is 1. The van der Waals surface area contributed by atoms with Gasteiger partial charge in [-0.1, -0.05) is 5.16 Å². The van der Waals surface area contributed by atoms with Crippen molar-refractivity contribution in [3.8, 4) is 0 Å². The number of halogens is 1. The summed E-state index contributed by atoms with van der Waals surface area (Å²) in [5.41, 5.74) is 0.866. The molecule has 0 aromatic carbocycles. The first-order chi connectivity index (χ1) is 4.84. The fourth-order valence-corrected chi connectivity index (χ4v) is 0.730. The molecule has 0 saturated carbocycles. The smallest absolute Gasteiger partial charge is 0.226 e. The first kappa shape index (κ1) is 10.3. The van der Waals surface area contributed by atoms with Crippen molar-refractivity contribution in [3.05, 3.63) is 30.1 Å². The van der Waals surface area contributed by atoms with Gasteiger partial charge in [-0.15, -0.1) is 0 Å². The fraction of sp³-hybridized carbons (Fsp3) is 0.143. The van der Waals surface area contributed by atoms with E-state index in [-0.39, 0.29) is 24.0 Å². The molecule has 1 N–H and O–H groups in total. The van der Waals surface area contributed by atoms with Crippen LogP contribution in [0.5, 0.6) is 0 Å². The number of nitrogens with zero attached hydrogens (tertiary/aromatic N) is 2. The van der Waals surface area contributed by atoms with Crippen LogP contribution in [0.2, 0.25) is 0 Å². The minimum atomic E-state index is 0. The predicted molar refractivity (Wildman–Crippen MR) is 37.0 cm³/mol. The van der Waals surface area contributed by atoms with E-state index in [0.29, 0.717) is 0 Å². The first-order valence-corrected chi connectivity index (χ1v) is 2.96. The van der Waals surface area contributed by atoms with Crippen molar-refractivity contribution in [1.29, 1.82) is 0 Å². The summed E-state index contributed by atoms with van der Waals surface area (Å²) < 4.78 is 1.86. The second-order valence-electron chi connectivity index (χ2n) is 1.98. The topological polar surface area (TPSA) is 36.5 Å². The molecule has 0 unspecified atom stereocenters. The van der Waals surface area contributed by atoms with Crippen LogP contribution in [0.4, 0.5) is 0 Å². The van der Waals surface area contributed by atoms with Crippen LogP contribution in [0.25, 0.3) is 0 Å². The van der Waals surface area contributed by atoms with Crippen molar-refractivity contribution in [2.45, 2.75) is 0 Å². The molecule has 0 aliphatic carbocycles. The van der Waals surface area contributed by atoms with Crippen molar-refractivity contribution in [2.24, 2.45) is 12.2 Å². The van der Waals surface area contributed by atoms with Crippen LogP contribution in [-0.2, 0) is 7.05 Å². The van der Waals surface area contributed by atoms with Crippen LogP contribution in [0.1, 0.15) is 5.69 Å². The van der Waals surface area contributed by atoms with Gasteiger partial charge >= 0.3 is 0 Å². The zero-order valence-corrected chi connectivity index (χ0v) is 8.26. The molecule has 1 aromatic rings. The van der Waals surface area contributed by atoms with Gasteiger partial charge in [-0.2, -0.15) is 0 Å². The largest absolute Gasteiger partial charge is 1.00 e. The minimum absolute atomic E-state index is 0. The molecule has 0 atom stereocenters. The summed E-state index contributed by atoms with van der Waals surface area (Å²) in [6, 6.07) is 5.66. The standard InChI is InChI=1S/C7H8N2O.HI/c1-9-5-3-2-4-7(9)6-8-10;/h2-6H,1H3;1H. The molecule has 1 rings (SSSR count). The lowest BCUT2D eigenvalue weighted by atomic mass is 10.4. The van der Waals surface area contributed by atoms with E-state index in [1.165, 1.54) is 6.21 Å². The van der Waals surface area contributed by atoms with Gasteiger partial charge in [0.15, 0.2) is 6.20 Å². The first-order valence-electron chi connectivity index (χ1n) is 2.96. The number of pyridine rings is 1. The lowest BCUT2D eigenvalue weighted by Crippen LogP contribution is -3.00. The molecule has 0 radical (unpaired) electrons. The van der Waals surface area contributed by atoms with Gasteiger partial charge in [-0.05, 0) is 6.07 Å². The summed E-state index contributed by atoms with van der Waals surface area (Å²) in [7, 11) is 1.89. The van der Waals surface area contributed by atoms with Crippen LogP contribution in [-0.4, -0.2) is 11.4 Å². The van der Waals surface area contributed by atoms with Gasteiger partial charge in [0.25, 0.3) is 0 Å². The van der Waals surface area contributed by atoms with E-state index in [4.69, 9.17) is 5.21 Å². The third-order valence-corrected chi connectivity index (χ3v) is 1.29. The molecule has 1 aromatic heterocycles. The summed E-state index contributed by atoms with van der Waals surface area (Å²) in [5, 5.41) is 11.1. The van der Waals surface area contributed by atoms with E-state index in [1.807, 2.05) is 36.0 Å². The summed E-state index contributed by atoms with van der Waals surface area (Å²) in [6.45, 7) is 0. The van der Waals surface area contributed by atoms with Crippen molar-refractivity contribution < 1.29 is 33.8 Å². The average molecular weight is 264 g/mol. The van der Waals surface area contributed by atoms with Gasteiger partial charge in [0.1, 0.15) is 13.3 Å². The second-order valence-corrected chi connectivity index (χ2v) is 1.98. The maximum Gasteiger partial charge on any atom is 0.226 e.